The van der Waals surface area contributed by atoms with Crippen molar-refractivity contribution in [3.8, 4) is 28.1 Å². The van der Waals surface area contributed by atoms with Crippen molar-refractivity contribution >= 4 is 17.4 Å². The molecular formula is C40H50FN3O5. The summed E-state index contributed by atoms with van der Waals surface area (Å²) in [5.74, 6) is 0.308. The Hall–Kier alpha value is -3.95. The lowest BCUT2D eigenvalue weighted by Gasteiger charge is -2.42. The summed E-state index contributed by atoms with van der Waals surface area (Å²) in [4.78, 5) is 21.1. The van der Waals surface area contributed by atoms with Crippen molar-refractivity contribution in [3.05, 3.63) is 71.2 Å². The van der Waals surface area contributed by atoms with Crippen LogP contribution in [0.25, 0.3) is 28.0 Å². The van der Waals surface area contributed by atoms with Crippen LogP contribution in [0.4, 0.5) is 10.2 Å². The number of methoxy groups -OCH3 is 1. The number of halogens is 1. The number of aryl methyl sites for hydroxylation is 1. The van der Waals surface area contributed by atoms with Crippen molar-refractivity contribution in [1.82, 2.24) is 9.38 Å². The molecule has 4 aromatic rings. The molecule has 2 atom stereocenters. The molecule has 7 rings (SSSR count). The maximum absolute atomic E-state index is 15.3. The summed E-state index contributed by atoms with van der Waals surface area (Å²) >= 11 is 0. The molecule has 49 heavy (non-hydrogen) atoms. The van der Waals surface area contributed by atoms with E-state index in [1.165, 1.54) is 13.2 Å². The molecule has 0 N–H and O–H groups in total. The summed E-state index contributed by atoms with van der Waals surface area (Å²) in [7, 11) is 1.41. The van der Waals surface area contributed by atoms with Gasteiger partial charge in [-0.15, -0.1) is 0 Å². The number of hydrogen-bond donors (Lipinski definition) is 0. The molecule has 6 bridgehead atoms. The van der Waals surface area contributed by atoms with Crippen LogP contribution in [0.2, 0.25) is 0 Å². The summed E-state index contributed by atoms with van der Waals surface area (Å²) < 4.78 is 42.1. The first kappa shape index (κ1) is 34.9. The average molecular weight is 672 g/mol. The molecule has 5 heterocycles. The monoisotopic (exact) mass is 671 g/mol. The number of hydrogen-bond acceptors (Lipinski definition) is 7. The Kier molecular flexibility index (Phi) is 9.79. The third-order valence-corrected chi connectivity index (χ3v) is 9.96. The Morgan fingerprint density at radius 1 is 1.06 bits per heavy atom. The fraction of sp³-hybridized carbons (Fsp3) is 0.500. The van der Waals surface area contributed by atoms with Crippen molar-refractivity contribution in [2.24, 2.45) is 0 Å². The number of carbonyl (C=O) groups is 1. The summed E-state index contributed by atoms with van der Waals surface area (Å²) in [5.41, 5.74) is 5.78. The number of nitrogens with zero attached hydrogens (tertiary/aromatic N) is 3. The largest absolute Gasteiger partial charge is 0.487 e. The number of anilines is 1. The van der Waals surface area contributed by atoms with Crippen molar-refractivity contribution in [2.45, 2.75) is 104 Å². The molecule has 0 unspecified atom stereocenters. The van der Waals surface area contributed by atoms with E-state index in [0.29, 0.717) is 12.2 Å². The third-order valence-electron chi connectivity index (χ3n) is 9.96. The number of fused-ring (bicyclic) bond motifs is 8. The molecule has 3 aliphatic heterocycles. The van der Waals surface area contributed by atoms with Crippen LogP contribution in [0.5, 0.6) is 5.75 Å². The number of para-hydroxylation sites is 1. The van der Waals surface area contributed by atoms with E-state index in [0.717, 1.165) is 90.2 Å². The van der Waals surface area contributed by atoms with Gasteiger partial charge in [0, 0.05) is 42.6 Å². The van der Waals surface area contributed by atoms with E-state index in [9.17, 15) is 4.79 Å². The molecule has 9 heteroatoms. The van der Waals surface area contributed by atoms with Crippen LogP contribution >= 0.6 is 0 Å². The SMILES string of the molecule is COC(=O)[C@@H](OC(C)(C)C)c1c(C)c(C)c2nc3cn2c1N1CCC(C)(CC1)OCCCC[C@H](C)Oc1c(F)cccc1-c1cccc-3c1. The van der Waals surface area contributed by atoms with Crippen LogP contribution in [0.3, 0.4) is 0 Å². The van der Waals surface area contributed by atoms with Gasteiger partial charge in [-0.3, -0.25) is 4.40 Å². The summed E-state index contributed by atoms with van der Waals surface area (Å²) in [6, 6.07) is 13.1. The minimum Gasteiger partial charge on any atom is -0.487 e. The summed E-state index contributed by atoms with van der Waals surface area (Å²) in [6.45, 7) is 16.2. The summed E-state index contributed by atoms with van der Waals surface area (Å²) in [6.07, 6.45) is 5.19. The lowest BCUT2D eigenvalue weighted by molar-refractivity contribution is -0.164. The molecule has 2 aromatic heterocycles. The van der Waals surface area contributed by atoms with Crippen molar-refractivity contribution in [1.29, 1.82) is 0 Å². The standard InChI is InChI=1S/C40H50FN3O5/c1-25-13-9-10-22-47-40(7)18-20-43(21-19-40)37-33(35(38(45)46-8)49-39(4,5)6)26(2)27(3)36-42-32(24-44(36)37)29-15-11-14-28(23-29)30-16-12-17-31(41)34(30)48-25/h11-12,14-17,23-25,35H,9-10,13,18-22H2,1-8H3/t25-,35-/m0/s1. The minimum atomic E-state index is -0.943. The maximum Gasteiger partial charge on any atom is 0.339 e. The van der Waals surface area contributed by atoms with Gasteiger partial charge in [-0.2, -0.15) is 0 Å². The second kappa shape index (κ2) is 13.8. The molecule has 0 spiro atoms. The van der Waals surface area contributed by atoms with Gasteiger partial charge in [-0.25, -0.2) is 14.2 Å². The quantitative estimate of drug-likeness (QED) is 0.202. The third kappa shape index (κ3) is 7.19. The first-order valence-electron chi connectivity index (χ1n) is 17.5. The molecule has 0 radical (unpaired) electrons. The van der Waals surface area contributed by atoms with Crippen molar-refractivity contribution in [2.75, 3.05) is 31.7 Å². The summed E-state index contributed by atoms with van der Waals surface area (Å²) in [5, 5.41) is 0. The van der Waals surface area contributed by atoms with Crippen LogP contribution in [0.15, 0.2) is 48.7 Å². The number of imidazole rings is 1. The first-order valence-corrected chi connectivity index (χ1v) is 17.5. The number of aromatic nitrogens is 2. The molecule has 8 nitrogen and oxygen atoms in total. The molecule has 0 saturated carbocycles. The maximum atomic E-state index is 15.3. The number of pyridine rings is 1. The van der Waals surface area contributed by atoms with Crippen molar-refractivity contribution < 1.29 is 28.1 Å². The zero-order valence-electron chi connectivity index (χ0n) is 30.2. The average Bonchev–Trinajstić information content (AvgIpc) is 3.51. The van der Waals surface area contributed by atoms with Gasteiger partial charge in [0.25, 0.3) is 0 Å². The van der Waals surface area contributed by atoms with Crippen LogP contribution < -0.4 is 9.64 Å². The highest BCUT2D eigenvalue weighted by molar-refractivity contribution is 5.82. The van der Waals surface area contributed by atoms with Gasteiger partial charge in [0.2, 0.25) is 0 Å². The van der Waals surface area contributed by atoms with Gasteiger partial charge in [0.15, 0.2) is 17.7 Å². The second-order valence-electron chi connectivity index (χ2n) is 14.8. The highest BCUT2D eigenvalue weighted by Crippen LogP contribution is 2.42. The Balaban J connectivity index is 1.57. The molecule has 3 aliphatic rings. The lowest BCUT2D eigenvalue weighted by Crippen LogP contribution is -2.45. The topological polar surface area (TPSA) is 74.5 Å². The molecule has 0 amide bonds. The lowest BCUT2D eigenvalue weighted by atomic mass is 9.92. The number of carbonyl (C=O) groups excluding carboxylic acids is 1. The number of rotatable bonds is 3. The number of esters is 1. The molecular weight excluding hydrogens is 621 g/mol. The predicted octanol–water partition coefficient (Wildman–Crippen LogP) is 8.78. The van der Waals surface area contributed by atoms with Crippen LogP contribution in [-0.4, -0.2) is 59.5 Å². The van der Waals surface area contributed by atoms with Crippen molar-refractivity contribution in [3.63, 3.8) is 0 Å². The molecule has 1 saturated heterocycles. The van der Waals surface area contributed by atoms with E-state index in [-0.39, 0.29) is 23.3 Å². The number of benzene rings is 2. The minimum absolute atomic E-state index is 0.156. The van der Waals surface area contributed by atoms with E-state index in [1.807, 2.05) is 78.1 Å². The van der Waals surface area contributed by atoms with E-state index in [2.05, 4.69) is 16.2 Å². The molecule has 262 valence electrons. The Morgan fingerprint density at radius 3 is 2.49 bits per heavy atom. The van der Waals surface area contributed by atoms with E-state index in [4.69, 9.17) is 23.9 Å². The smallest absolute Gasteiger partial charge is 0.339 e. The second-order valence-corrected chi connectivity index (χ2v) is 14.8. The van der Waals surface area contributed by atoms with Crippen LogP contribution in [0.1, 0.15) is 89.5 Å². The molecule has 0 aliphatic carbocycles. The molecule has 2 aromatic carbocycles. The Bertz CT molecular complexity index is 1840. The highest BCUT2D eigenvalue weighted by atomic mass is 19.1. The van der Waals surface area contributed by atoms with Gasteiger partial charge in [0.05, 0.1) is 30.1 Å². The van der Waals surface area contributed by atoms with E-state index >= 15 is 4.39 Å². The van der Waals surface area contributed by atoms with Gasteiger partial charge < -0.3 is 23.8 Å². The van der Waals surface area contributed by atoms with Crippen LogP contribution in [0, 0.1) is 19.7 Å². The zero-order valence-corrected chi connectivity index (χ0v) is 30.2. The Labute approximate surface area is 289 Å². The zero-order chi connectivity index (χ0) is 35.1. The predicted molar refractivity (Wildman–Crippen MR) is 191 cm³/mol. The molecule has 1 fully saturated rings. The number of ether oxygens (including phenoxy) is 4. The van der Waals surface area contributed by atoms with E-state index < -0.39 is 17.7 Å². The highest BCUT2D eigenvalue weighted by Gasteiger charge is 2.38. The van der Waals surface area contributed by atoms with Gasteiger partial charge >= 0.3 is 5.97 Å². The fourth-order valence-corrected chi connectivity index (χ4v) is 7.08. The van der Waals surface area contributed by atoms with Gasteiger partial charge in [-0.05, 0) is 109 Å². The number of piperidine rings is 1. The normalized spacial score (nSPS) is 20.9. The van der Waals surface area contributed by atoms with Crippen LogP contribution in [-0.2, 0) is 19.0 Å². The first-order chi connectivity index (χ1) is 23.3. The van der Waals surface area contributed by atoms with E-state index in [1.54, 1.807) is 6.07 Å². The van der Waals surface area contributed by atoms with Gasteiger partial charge in [-0.1, -0.05) is 30.3 Å². The fourth-order valence-electron chi connectivity index (χ4n) is 7.08. The Morgan fingerprint density at radius 2 is 1.78 bits per heavy atom. The van der Waals surface area contributed by atoms with Gasteiger partial charge in [0.1, 0.15) is 11.5 Å².